The molecule has 2 nitrogen and oxygen atoms in total. The van der Waals surface area contributed by atoms with Gasteiger partial charge in [0.25, 0.3) is 0 Å². The van der Waals surface area contributed by atoms with Gasteiger partial charge in [0.1, 0.15) is 0 Å². The zero-order valence-electron chi connectivity index (χ0n) is 13.5. The number of hydrogen-bond acceptors (Lipinski definition) is 2. The Labute approximate surface area is 129 Å². The number of fused-ring (bicyclic) bond motifs is 1. The fourth-order valence-electron chi connectivity index (χ4n) is 4.11. The Kier molecular flexibility index (Phi) is 4.37. The SMILES string of the molecule is CC1CCCC(O)(CNC(C)c2ccc3c(c2)CCC3)C1. The summed E-state index contributed by atoms with van der Waals surface area (Å²) in [6, 6.07) is 7.24. The van der Waals surface area contributed by atoms with Crippen LogP contribution in [-0.2, 0) is 12.8 Å². The highest BCUT2D eigenvalue weighted by Gasteiger charge is 2.32. The number of aryl methyl sites for hydroxylation is 2. The molecule has 0 aliphatic heterocycles. The molecule has 0 aromatic heterocycles. The Morgan fingerprint density at radius 1 is 1.29 bits per heavy atom. The van der Waals surface area contributed by atoms with Crippen molar-refractivity contribution in [2.24, 2.45) is 5.92 Å². The third-order valence-electron chi connectivity index (χ3n) is 5.43. The lowest BCUT2D eigenvalue weighted by Gasteiger charge is -2.36. The maximum absolute atomic E-state index is 10.7. The van der Waals surface area contributed by atoms with Crippen molar-refractivity contribution in [1.29, 1.82) is 0 Å². The number of rotatable bonds is 4. The van der Waals surface area contributed by atoms with E-state index in [1.165, 1.54) is 42.4 Å². The maximum atomic E-state index is 10.7. The molecule has 2 N–H and O–H groups in total. The van der Waals surface area contributed by atoms with Crippen molar-refractivity contribution in [1.82, 2.24) is 5.32 Å². The normalized spacial score (nSPS) is 30.1. The van der Waals surface area contributed by atoms with Gasteiger partial charge >= 0.3 is 0 Å². The van der Waals surface area contributed by atoms with E-state index in [4.69, 9.17) is 0 Å². The van der Waals surface area contributed by atoms with E-state index in [1.54, 1.807) is 0 Å². The van der Waals surface area contributed by atoms with Crippen molar-refractivity contribution in [2.75, 3.05) is 6.54 Å². The van der Waals surface area contributed by atoms with Gasteiger partial charge in [-0.2, -0.15) is 0 Å². The van der Waals surface area contributed by atoms with Crippen LogP contribution in [0.2, 0.25) is 0 Å². The Balaban J connectivity index is 1.60. The van der Waals surface area contributed by atoms with Crippen molar-refractivity contribution in [3.8, 4) is 0 Å². The van der Waals surface area contributed by atoms with Gasteiger partial charge < -0.3 is 10.4 Å². The lowest BCUT2D eigenvalue weighted by atomic mass is 9.79. The van der Waals surface area contributed by atoms with E-state index in [2.05, 4.69) is 37.4 Å². The van der Waals surface area contributed by atoms with E-state index < -0.39 is 5.60 Å². The molecule has 0 spiro atoms. The fourth-order valence-corrected chi connectivity index (χ4v) is 4.11. The standard InChI is InChI=1S/C19H29NO/c1-14-5-4-10-19(21,12-14)13-20-15(2)17-9-8-16-6-3-7-18(16)11-17/h8-9,11,14-15,20-21H,3-7,10,12-13H2,1-2H3. The highest BCUT2D eigenvalue weighted by Crippen LogP contribution is 2.32. The van der Waals surface area contributed by atoms with E-state index in [0.29, 0.717) is 12.0 Å². The van der Waals surface area contributed by atoms with Crippen LogP contribution in [0.4, 0.5) is 0 Å². The summed E-state index contributed by atoms with van der Waals surface area (Å²) in [4.78, 5) is 0. The lowest BCUT2D eigenvalue weighted by Crippen LogP contribution is -2.44. The summed E-state index contributed by atoms with van der Waals surface area (Å²) in [6.07, 6.45) is 8.10. The summed E-state index contributed by atoms with van der Waals surface area (Å²) >= 11 is 0. The molecule has 1 aromatic carbocycles. The van der Waals surface area contributed by atoms with Gasteiger partial charge in [-0.1, -0.05) is 38.0 Å². The zero-order valence-corrected chi connectivity index (χ0v) is 13.5. The second kappa shape index (κ2) is 6.10. The van der Waals surface area contributed by atoms with Gasteiger partial charge in [0.2, 0.25) is 0 Å². The first-order valence-electron chi connectivity index (χ1n) is 8.63. The van der Waals surface area contributed by atoms with Crippen molar-refractivity contribution in [3.63, 3.8) is 0 Å². The molecular formula is C19H29NO. The van der Waals surface area contributed by atoms with Crippen LogP contribution in [-0.4, -0.2) is 17.3 Å². The molecule has 0 bridgehead atoms. The van der Waals surface area contributed by atoms with Gasteiger partial charge in [0.05, 0.1) is 5.60 Å². The van der Waals surface area contributed by atoms with Crippen LogP contribution in [0.3, 0.4) is 0 Å². The molecular weight excluding hydrogens is 258 g/mol. The molecule has 1 fully saturated rings. The maximum Gasteiger partial charge on any atom is 0.0774 e. The molecule has 2 heteroatoms. The largest absolute Gasteiger partial charge is 0.389 e. The molecule has 0 heterocycles. The second-order valence-electron chi connectivity index (χ2n) is 7.41. The van der Waals surface area contributed by atoms with Crippen molar-refractivity contribution in [3.05, 3.63) is 34.9 Å². The third kappa shape index (κ3) is 3.49. The van der Waals surface area contributed by atoms with E-state index in [-0.39, 0.29) is 0 Å². The van der Waals surface area contributed by atoms with Crippen molar-refractivity contribution >= 4 is 0 Å². The minimum absolute atomic E-state index is 0.317. The summed E-state index contributed by atoms with van der Waals surface area (Å²) < 4.78 is 0. The molecule has 0 saturated heterocycles. The van der Waals surface area contributed by atoms with Crippen LogP contribution in [0.5, 0.6) is 0 Å². The smallest absolute Gasteiger partial charge is 0.0774 e. The van der Waals surface area contributed by atoms with Gasteiger partial charge in [0, 0.05) is 12.6 Å². The Morgan fingerprint density at radius 3 is 2.90 bits per heavy atom. The third-order valence-corrected chi connectivity index (χ3v) is 5.43. The first kappa shape index (κ1) is 15.1. The van der Waals surface area contributed by atoms with Crippen LogP contribution < -0.4 is 5.32 Å². The predicted molar refractivity (Wildman–Crippen MR) is 87.5 cm³/mol. The summed E-state index contributed by atoms with van der Waals surface area (Å²) in [5, 5.41) is 14.3. The van der Waals surface area contributed by atoms with Gasteiger partial charge in [-0.25, -0.2) is 0 Å². The Hall–Kier alpha value is -0.860. The molecule has 3 rings (SSSR count). The highest BCUT2D eigenvalue weighted by molar-refractivity contribution is 5.36. The van der Waals surface area contributed by atoms with Crippen LogP contribution in [0.1, 0.15) is 68.7 Å². The summed E-state index contributed by atoms with van der Waals surface area (Å²) in [5.41, 5.74) is 3.93. The minimum Gasteiger partial charge on any atom is -0.389 e. The quantitative estimate of drug-likeness (QED) is 0.883. The van der Waals surface area contributed by atoms with Gasteiger partial charge in [-0.15, -0.1) is 0 Å². The van der Waals surface area contributed by atoms with E-state index in [1.807, 2.05) is 0 Å². The fraction of sp³-hybridized carbons (Fsp3) is 0.684. The minimum atomic E-state index is -0.497. The summed E-state index contributed by atoms with van der Waals surface area (Å²) in [6.45, 7) is 5.19. The topological polar surface area (TPSA) is 32.3 Å². The van der Waals surface area contributed by atoms with Gasteiger partial charge in [-0.05, 0) is 61.6 Å². The molecule has 2 aliphatic carbocycles. The van der Waals surface area contributed by atoms with Crippen LogP contribution >= 0.6 is 0 Å². The average Bonchev–Trinajstić information content (AvgIpc) is 2.92. The monoisotopic (exact) mass is 287 g/mol. The molecule has 21 heavy (non-hydrogen) atoms. The number of hydrogen-bond donors (Lipinski definition) is 2. The zero-order chi connectivity index (χ0) is 14.9. The molecule has 1 saturated carbocycles. The first-order valence-corrected chi connectivity index (χ1v) is 8.63. The lowest BCUT2D eigenvalue weighted by molar-refractivity contribution is -0.0134. The summed E-state index contributed by atoms with van der Waals surface area (Å²) in [5.74, 6) is 0.654. The van der Waals surface area contributed by atoms with E-state index >= 15 is 0 Å². The Bertz CT molecular complexity index is 498. The first-order chi connectivity index (χ1) is 10.1. The molecule has 116 valence electrons. The average molecular weight is 287 g/mol. The van der Waals surface area contributed by atoms with Crippen LogP contribution in [0.25, 0.3) is 0 Å². The number of aliphatic hydroxyl groups is 1. The van der Waals surface area contributed by atoms with Crippen molar-refractivity contribution in [2.45, 2.75) is 70.4 Å². The highest BCUT2D eigenvalue weighted by atomic mass is 16.3. The van der Waals surface area contributed by atoms with Crippen LogP contribution in [0, 0.1) is 5.92 Å². The second-order valence-corrected chi connectivity index (χ2v) is 7.41. The predicted octanol–water partition coefficient (Wildman–Crippen LogP) is 3.77. The van der Waals surface area contributed by atoms with Crippen molar-refractivity contribution < 1.29 is 5.11 Å². The molecule has 0 radical (unpaired) electrons. The van der Waals surface area contributed by atoms with Gasteiger partial charge in [-0.3, -0.25) is 0 Å². The van der Waals surface area contributed by atoms with Crippen LogP contribution in [0.15, 0.2) is 18.2 Å². The number of nitrogens with one attached hydrogen (secondary N) is 1. The molecule has 2 aliphatic rings. The molecule has 3 atom stereocenters. The Morgan fingerprint density at radius 2 is 2.10 bits per heavy atom. The van der Waals surface area contributed by atoms with Gasteiger partial charge in [0.15, 0.2) is 0 Å². The number of benzene rings is 1. The molecule has 0 amide bonds. The molecule has 1 aromatic rings. The van der Waals surface area contributed by atoms with E-state index in [0.717, 1.165) is 25.8 Å². The molecule has 3 unspecified atom stereocenters. The summed E-state index contributed by atoms with van der Waals surface area (Å²) in [7, 11) is 0. The van der Waals surface area contributed by atoms with E-state index in [9.17, 15) is 5.11 Å².